The van der Waals surface area contributed by atoms with Crippen molar-refractivity contribution in [2.75, 3.05) is 10.6 Å². The molecule has 3 aromatic carbocycles. The molecule has 0 unspecified atom stereocenters. The normalized spacial score (nSPS) is 10.5. The van der Waals surface area contributed by atoms with Crippen LogP contribution in [0.3, 0.4) is 0 Å². The van der Waals surface area contributed by atoms with E-state index in [4.69, 9.17) is 16.0 Å². The van der Waals surface area contributed by atoms with Crippen LogP contribution in [-0.2, 0) is 0 Å². The molecule has 0 radical (unpaired) electrons. The summed E-state index contributed by atoms with van der Waals surface area (Å²) in [6, 6.07) is 24.0. The van der Waals surface area contributed by atoms with Crippen molar-refractivity contribution in [3.63, 3.8) is 0 Å². The zero-order chi connectivity index (χ0) is 28.2. The number of carbonyl (C=O) groups is 1. The van der Waals surface area contributed by atoms with Gasteiger partial charge in [0.2, 0.25) is 5.95 Å². The van der Waals surface area contributed by atoms with Crippen LogP contribution in [0.15, 0.2) is 94.1 Å². The van der Waals surface area contributed by atoms with E-state index in [0.717, 1.165) is 0 Å². The zero-order valence-electron chi connectivity index (χ0n) is 20.3. The van der Waals surface area contributed by atoms with E-state index in [9.17, 15) is 25.0 Å². The van der Waals surface area contributed by atoms with Crippen LogP contribution in [-0.4, -0.2) is 20.8 Å². The summed E-state index contributed by atoms with van der Waals surface area (Å²) in [6.07, 6.45) is 0. The number of aromatic nitrogens is 2. The van der Waals surface area contributed by atoms with Crippen molar-refractivity contribution >= 4 is 40.5 Å². The number of benzene rings is 3. The molecular weight excluding hydrogens is 536 g/mol. The fraction of sp³-hybridized carbons (Fsp3) is 0. The third kappa shape index (κ3) is 5.42. The number of nitrogens with one attached hydrogen (secondary N) is 3. The Labute approximate surface area is 230 Å². The molecule has 0 aliphatic heterocycles. The van der Waals surface area contributed by atoms with Crippen molar-refractivity contribution in [2.45, 2.75) is 0 Å². The molecule has 0 spiro atoms. The van der Waals surface area contributed by atoms with Gasteiger partial charge in [0.1, 0.15) is 17.4 Å². The van der Waals surface area contributed by atoms with Crippen LogP contribution >= 0.6 is 11.6 Å². The summed E-state index contributed by atoms with van der Waals surface area (Å²) in [5.74, 6) is -0.302. The van der Waals surface area contributed by atoms with Crippen LogP contribution in [0.2, 0.25) is 5.02 Å². The number of nitriles is 1. The first-order valence-electron chi connectivity index (χ1n) is 11.6. The topological polar surface area (TPSA) is 167 Å². The van der Waals surface area contributed by atoms with Gasteiger partial charge in [0, 0.05) is 28.0 Å². The van der Waals surface area contributed by atoms with Gasteiger partial charge < -0.3 is 15.1 Å². The summed E-state index contributed by atoms with van der Waals surface area (Å²) in [5, 5.41) is 27.1. The van der Waals surface area contributed by atoms with Gasteiger partial charge in [0.25, 0.3) is 17.2 Å². The minimum absolute atomic E-state index is 0.0434. The van der Waals surface area contributed by atoms with Crippen LogP contribution in [0, 0.1) is 21.4 Å². The first-order valence-corrected chi connectivity index (χ1v) is 12.0. The second-order valence-electron chi connectivity index (χ2n) is 8.35. The Morgan fingerprint density at radius 2 is 1.70 bits per heavy atom. The number of amides is 1. The van der Waals surface area contributed by atoms with E-state index in [1.807, 2.05) is 6.07 Å². The molecule has 11 nitrogen and oxygen atoms in total. The lowest BCUT2D eigenvalue weighted by Gasteiger charge is -2.10. The van der Waals surface area contributed by atoms with Gasteiger partial charge in [-0.15, -0.1) is 0 Å². The molecule has 40 heavy (non-hydrogen) atoms. The third-order valence-electron chi connectivity index (χ3n) is 5.75. The van der Waals surface area contributed by atoms with Gasteiger partial charge in [-0.2, -0.15) is 5.26 Å². The molecule has 0 aliphatic carbocycles. The number of nitro benzene ring substituents is 1. The number of para-hydroxylation sites is 1. The van der Waals surface area contributed by atoms with E-state index < -0.39 is 16.4 Å². The average Bonchev–Trinajstić information content (AvgIpc) is 3.45. The summed E-state index contributed by atoms with van der Waals surface area (Å²) in [7, 11) is 0. The molecule has 5 aromatic rings. The summed E-state index contributed by atoms with van der Waals surface area (Å²) in [4.78, 5) is 43.1. The summed E-state index contributed by atoms with van der Waals surface area (Å²) >= 11 is 5.92. The molecule has 12 heteroatoms. The van der Waals surface area contributed by atoms with Crippen molar-refractivity contribution in [3.05, 3.63) is 122 Å². The van der Waals surface area contributed by atoms with Crippen molar-refractivity contribution in [1.29, 1.82) is 5.26 Å². The van der Waals surface area contributed by atoms with Gasteiger partial charge in [-0.1, -0.05) is 35.9 Å². The second-order valence-corrected chi connectivity index (χ2v) is 8.79. The lowest BCUT2D eigenvalue weighted by Crippen LogP contribution is -2.16. The Hall–Kier alpha value is -5.73. The molecule has 0 bridgehead atoms. The second kappa shape index (κ2) is 10.9. The number of H-pyrrole nitrogens is 1. The van der Waals surface area contributed by atoms with Gasteiger partial charge in [0.05, 0.1) is 16.2 Å². The number of carbonyl (C=O) groups excluding carboxylic acids is 1. The Balaban J connectivity index is 1.36. The molecule has 1 amide bonds. The smallest absolute Gasteiger partial charge is 0.291 e. The van der Waals surface area contributed by atoms with E-state index in [-0.39, 0.29) is 40.0 Å². The number of aromatic amines is 1. The van der Waals surface area contributed by atoms with E-state index in [2.05, 4.69) is 20.6 Å². The number of anilines is 3. The Bertz CT molecular complexity index is 1840. The minimum Gasteiger partial charge on any atom is -0.451 e. The zero-order valence-corrected chi connectivity index (χ0v) is 21.1. The average molecular weight is 553 g/mol. The monoisotopic (exact) mass is 552 g/mol. The summed E-state index contributed by atoms with van der Waals surface area (Å²) in [6.45, 7) is 0. The number of halogens is 1. The van der Waals surface area contributed by atoms with Gasteiger partial charge in [-0.25, -0.2) is 4.98 Å². The minimum atomic E-state index is -0.617. The van der Waals surface area contributed by atoms with Crippen LogP contribution < -0.4 is 16.2 Å². The van der Waals surface area contributed by atoms with Gasteiger partial charge in [-0.3, -0.25) is 24.7 Å². The predicted molar refractivity (Wildman–Crippen MR) is 148 cm³/mol. The number of nitrogens with zero attached hydrogens (tertiary/aromatic N) is 3. The third-order valence-corrected chi connectivity index (χ3v) is 6.00. The lowest BCUT2D eigenvalue weighted by atomic mass is 10.1. The standard InChI is InChI=1S/C28H17ClN6O5/c29-17-7-11-19(12-8-17)32-28-33-25(21(15-30)26(36)34-28)16-5-9-18(10-6-16)31-27(37)24-14-13-23(40-24)20-3-1-2-4-22(20)35(38)39/h1-14H,(H,31,37)(H2,32,33,34,36). The summed E-state index contributed by atoms with van der Waals surface area (Å²) in [5.41, 5.74) is 0.974. The van der Waals surface area contributed by atoms with E-state index in [0.29, 0.717) is 22.0 Å². The number of hydrogen-bond donors (Lipinski definition) is 3. The molecule has 0 atom stereocenters. The fourth-order valence-electron chi connectivity index (χ4n) is 3.86. The Morgan fingerprint density at radius 3 is 2.40 bits per heavy atom. The van der Waals surface area contributed by atoms with E-state index in [1.54, 1.807) is 60.7 Å². The van der Waals surface area contributed by atoms with Crippen molar-refractivity contribution < 1.29 is 14.1 Å². The highest BCUT2D eigenvalue weighted by Gasteiger charge is 2.20. The molecule has 2 heterocycles. The molecule has 2 aromatic heterocycles. The Morgan fingerprint density at radius 1 is 1.00 bits per heavy atom. The highest BCUT2D eigenvalue weighted by atomic mass is 35.5. The highest BCUT2D eigenvalue weighted by molar-refractivity contribution is 6.30. The SMILES string of the molecule is N#Cc1c(-c2ccc(NC(=O)c3ccc(-c4ccccc4[N+](=O)[O-])o3)cc2)nc(Nc2ccc(Cl)cc2)[nH]c1=O. The maximum atomic E-state index is 12.8. The quantitative estimate of drug-likeness (QED) is 0.160. The number of nitro groups is 1. The molecule has 196 valence electrons. The van der Waals surface area contributed by atoms with Gasteiger partial charge in [0.15, 0.2) is 5.76 Å². The van der Waals surface area contributed by atoms with Crippen molar-refractivity contribution in [2.24, 2.45) is 0 Å². The molecule has 0 aliphatic rings. The molecule has 0 saturated heterocycles. The largest absolute Gasteiger partial charge is 0.451 e. The van der Waals surface area contributed by atoms with Crippen LogP contribution in [0.4, 0.5) is 23.0 Å². The first kappa shape index (κ1) is 25.9. The van der Waals surface area contributed by atoms with E-state index >= 15 is 0 Å². The highest BCUT2D eigenvalue weighted by Crippen LogP contribution is 2.31. The molecule has 0 fully saturated rings. The number of rotatable bonds is 7. The van der Waals surface area contributed by atoms with Crippen LogP contribution in [0.25, 0.3) is 22.6 Å². The summed E-state index contributed by atoms with van der Waals surface area (Å²) < 4.78 is 5.58. The van der Waals surface area contributed by atoms with Crippen LogP contribution in [0.1, 0.15) is 16.1 Å². The fourth-order valence-corrected chi connectivity index (χ4v) is 3.99. The number of furan rings is 1. The molecular formula is C28H17ClN6O5. The maximum absolute atomic E-state index is 12.8. The molecule has 3 N–H and O–H groups in total. The lowest BCUT2D eigenvalue weighted by molar-refractivity contribution is -0.384. The van der Waals surface area contributed by atoms with E-state index in [1.165, 1.54) is 24.3 Å². The predicted octanol–water partition coefficient (Wildman–Crippen LogP) is 6.13. The van der Waals surface area contributed by atoms with Gasteiger partial charge >= 0.3 is 0 Å². The maximum Gasteiger partial charge on any atom is 0.291 e. The first-order chi connectivity index (χ1) is 19.3. The van der Waals surface area contributed by atoms with Crippen molar-refractivity contribution in [3.8, 4) is 28.7 Å². The van der Waals surface area contributed by atoms with Gasteiger partial charge in [-0.05, 0) is 54.6 Å². The number of hydrogen-bond acceptors (Lipinski definition) is 8. The Kier molecular flexibility index (Phi) is 7.08. The van der Waals surface area contributed by atoms with Crippen molar-refractivity contribution in [1.82, 2.24) is 9.97 Å². The molecule has 5 rings (SSSR count). The molecule has 0 saturated carbocycles. The van der Waals surface area contributed by atoms with Crippen LogP contribution in [0.5, 0.6) is 0 Å².